The molecule has 0 spiro atoms. The Balaban J connectivity index is 1.26. The van der Waals surface area contributed by atoms with Crippen LogP contribution in [-0.4, -0.2) is 88.3 Å². The topological polar surface area (TPSA) is 78.7 Å². The average Bonchev–Trinajstić information content (AvgIpc) is 3.74. The zero-order valence-electron chi connectivity index (χ0n) is 24.3. The van der Waals surface area contributed by atoms with Crippen molar-refractivity contribution in [1.82, 2.24) is 41.7 Å². The quantitative estimate of drug-likeness (QED) is 0.230. The molecule has 0 fully saturated rings. The van der Waals surface area contributed by atoms with E-state index >= 15 is 0 Å². The van der Waals surface area contributed by atoms with Gasteiger partial charge in [0.2, 0.25) is 0 Å². The zero-order chi connectivity index (χ0) is 28.0. The van der Waals surface area contributed by atoms with E-state index in [0.29, 0.717) is 0 Å². The second-order valence-electron chi connectivity index (χ2n) is 10.8. The molecule has 11 heteroatoms. The Hall–Kier alpha value is -1.22. The summed E-state index contributed by atoms with van der Waals surface area (Å²) in [7, 11) is 0. The normalized spacial score (nSPS) is 23.7. The van der Waals surface area contributed by atoms with Crippen LogP contribution >= 0.6 is 34.0 Å². The van der Waals surface area contributed by atoms with Crippen molar-refractivity contribution >= 4 is 34.0 Å². The molecule has 226 valence electrons. The second-order valence-corrected chi connectivity index (χ2v) is 14.6. The fraction of sp³-hybridized carbons (Fsp3) is 0.600. The van der Waals surface area contributed by atoms with Gasteiger partial charge in [0.05, 0.1) is 0 Å². The minimum Gasteiger partial charge on any atom is -0.311 e. The van der Waals surface area contributed by atoms with Gasteiger partial charge in [0.25, 0.3) is 0 Å². The molecule has 3 aromatic heterocycles. The van der Waals surface area contributed by atoms with Crippen molar-refractivity contribution in [1.29, 1.82) is 0 Å². The second kappa shape index (κ2) is 17.8. The SMILES string of the molecule is c1cc2sc1CNCCN1CCNCc3ccc(s3)CNCCN(CCNC2)CCNCc2ccc(s2)CNCC1. The third-order valence-corrected chi connectivity index (χ3v) is 10.8. The predicted molar refractivity (Wildman–Crippen MR) is 176 cm³/mol. The van der Waals surface area contributed by atoms with Crippen LogP contribution < -0.4 is 31.9 Å². The van der Waals surface area contributed by atoms with E-state index in [9.17, 15) is 0 Å². The first-order valence-electron chi connectivity index (χ1n) is 15.2. The predicted octanol–water partition coefficient (Wildman–Crippen LogP) is 2.44. The lowest BCUT2D eigenvalue weighted by Gasteiger charge is -2.23. The van der Waals surface area contributed by atoms with E-state index in [4.69, 9.17) is 0 Å². The molecule has 6 heterocycles. The van der Waals surface area contributed by atoms with E-state index in [1.54, 1.807) is 0 Å². The minimum absolute atomic E-state index is 0.949. The molecular formula is C30H48N8S3. The van der Waals surface area contributed by atoms with Gasteiger partial charge >= 0.3 is 0 Å². The van der Waals surface area contributed by atoms with Crippen molar-refractivity contribution in [2.45, 2.75) is 39.3 Å². The number of hydrogen-bond donors (Lipinski definition) is 6. The molecule has 0 radical (unpaired) electrons. The Morgan fingerprint density at radius 3 is 0.732 bits per heavy atom. The molecule has 0 unspecified atom stereocenters. The van der Waals surface area contributed by atoms with E-state index in [1.807, 2.05) is 34.0 Å². The van der Waals surface area contributed by atoms with E-state index in [2.05, 4.69) is 78.1 Å². The number of nitrogens with zero attached hydrogens (tertiary/aromatic N) is 2. The summed E-state index contributed by atoms with van der Waals surface area (Å²) in [6.07, 6.45) is 0. The van der Waals surface area contributed by atoms with Crippen molar-refractivity contribution in [3.05, 3.63) is 65.7 Å². The number of hydrogen-bond acceptors (Lipinski definition) is 11. The molecule has 0 amide bonds. The minimum atomic E-state index is 0.949. The summed E-state index contributed by atoms with van der Waals surface area (Å²) in [6.45, 7) is 18.1. The molecule has 0 saturated heterocycles. The van der Waals surface area contributed by atoms with Crippen LogP contribution in [0.5, 0.6) is 0 Å². The molecule has 0 atom stereocenters. The van der Waals surface area contributed by atoms with Crippen LogP contribution in [0.2, 0.25) is 0 Å². The van der Waals surface area contributed by atoms with Gasteiger partial charge in [-0.3, -0.25) is 9.80 Å². The summed E-state index contributed by atoms with van der Waals surface area (Å²) in [5.74, 6) is 0. The molecule has 6 rings (SSSR count). The molecule has 0 saturated carbocycles. The van der Waals surface area contributed by atoms with Crippen LogP contribution in [-0.2, 0) is 39.3 Å². The molecule has 3 aromatic rings. The summed E-state index contributed by atoms with van der Waals surface area (Å²) in [6, 6.07) is 13.7. The largest absolute Gasteiger partial charge is 0.311 e. The molecule has 41 heavy (non-hydrogen) atoms. The highest BCUT2D eigenvalue weighted by Crippen LogP contribution is 2.18. The first kappa shape index (κ1) is 31.2. The highest BCUT2D eigenvalue weighted by Gasteiger charge is 2.09. The summed E-state index contributed by atoms with van der Waals surface area (Å²) in [5.41, 5.74) is 0. The Morgan fingerprint density at radius 2 is 0.537 bits per heavy atom. The van der Waals surface area contributed by atoms with Crippen LogP contribution in [0.4, 0.5) is 0 Å². The molecule has 8 bridgehead atoms. The van der Waals surface area contributed by atoms with E-state index < -0.39 is 0 Å². The van der Waals surface area contributed by atoms with E-state index in [1.165, 1.54) is 29.3 Å². The lowest BCUT2D eigenvalue weighted by molar-refractivity contribution is 0.271. The number of thiophene rings is 3. The first-order valence-corrected chi connectivity index (χ1v) is 17.7. The van der Waals surface area contributed by atoms with Gasteiger partial charge in [-0.25, -0.2) is 0 Å². The number of rotatable bonds is 0. The van der Waals surface area contributed by atoms with Crippen LogP contribution in [0.1, 0.15) is 29.3 Å². The van der Waals surface area contributed by atoms with Crippen molar-refractivity contribution in [3.63, 3.8) is 0 Å². The maximum absolute atomic E-state index is 3.70. The molecule has 3 aliphatic heterocycles. The van der Waals surface area contributed by atoms with Crippen molar-refractivity contribution in [3.8, 4) is 0 Å². The molecule has 8 nitrogen and oxygen atoms in total. The Kier molecular flexibility index (Phi) is 13.5. The van der Waals surface area contributed by atoms with Crippen LogP contribution in [0.3, 0.4) is 0 Å². The van der Waals surface area contributed by atoms with Gasteiger partial charge in [0.1, 0.15) is 0 Å². The van der Waals surface area contributed by atoms with E-state index in [-0.39, 0.29) is 0 Å². The summed E-state index contributed by atoms with van der Waals surface area (Å²) < 4.78 is 0. The Labute approximate surface area is 258 Å². The first-order chi connectivity index (χ1) is 20.3. The standard InChI is InChI=1S/C30H48N8S3/c1-2-26-20-32-8-14-38-17-11-35-23-29-5-3-27(40-29)21-33-9-15-37(13-7-31-19-25(1)39-26)16-10-34-22-28-4-6-30(41-28)24-36-12-18-38/h1-6,31-36H,7-24H2. The molecule has 0 aliphatic carbocycles. The van der Waals surface area contributed by atoms with Gasteiger partial charge in [0, 0.05) is 147 Å². The summed E-state index contributed by atoms with van der Waals surface area (Å²) >= 11 is 5.79. The lowest BCUT2D eigenvalue weighted by Crippen LogP contribution is -2.40. The molecule has 3 aliphatic rings. The third kappa shape index (κ3) is 11.4. The molecule has 0 aromatic carbocycles. The zero-order valence-corrected chi connectivity index (χ0v) is 26.8. The maximum Gasteiger partial charge on any atom is 0.0300 e. The van der Waals surface area contributed by atoms with Crippen molar-refractivity contribution in [2.75, 3.05) is 78.5 Å². The number of nitrogens with one attached hydrogen (secondary N) is 6. The lowest BCUT2D eigenvalue weighted by atomic mass is 10.3. The van der Waals surface area contributed by atoms with Crippen molar-refractivity contribution in [2.24, 2.45) is 0 Å². The molecule has 6 N–H and O–H groups in total. The van der Waals surface area contributed by atoms with Gasteiger partial charge < -0.3 is 31.9 Å². The van der Waals surface area contributed by atoms with Gasteiger partial charge in [-0.1, -0.05) is 0 Å². The van der Waals surface area contributed by atoms with Crippen LogP contribution in [0.25, 0.3) is 0 Å². The van der Waals surface area contributed by atoms with Crippen LogP contribution in [0.15, 0.2) is 36.4 Å². The smallest absolute Gasteiger partial charge is 0.0300 e. The van der Waals surface area contributed by atoms with Gasteiger partial charge in [0.15, 0.2) is 0 Å². The van der Waals surface area contributed by atoms with Crippen LogP contribution in [0, 0.1) is 0 Å². The average molecular weight is 617 g/mol. The third-order valence-electron chi connectivity index (χ3n) is 7.58. The van der Waals surface area contributed by atoms with Crippen molar-refractivity contribution < 1.29 is 0 Å². The van der Waals surface area contributed by atoms with E-state index in [0.717, 1.165) is 118 Å². The summed E-state index contributed by atoms with van der Waals surface area (Å²) in [4.78, 5) is 13.7. The number of fused-ring (bicyclic) bond motifs is 18. The highest BCUT2D eigenvalue weighted by molar-refractivity contribution is 7.12. The van der Waals surface area contributed by atoms with Gasteiger partial charge in [-0.05, 0) is 36.4 Å². The van der Waals surface area contributed by atoms with Gasteiger partial charge in [-0.15, -0.1) is 34.0 Å². The Bertz CT molecular complexity index is 911. The monoisotopic (exact) mass is 616 g/mol. The fourth-order valence-electron chi connectivity index (χ4n) is 5.20. The summed E-state index contributed by atoms with van der Waals surface area (Å²) in [5, 5.41) is 22.2. The van der Waals surface area contributed by atoms with Gasteiger partial charge in [-0.2, -0.15) is 0 Å². The Morgan fingerprint density at radius 1 is 0.341 bits per heavy atom. The highest BCUT2D eigenvalue weighted by atomic mass is 32.1. The maximum atomic E-state index is 3.70. The molecular weight excluding hydrogens is 569 g/mol. The fourth-order valence-corrected chi connectivity index (χ4v) is 8.07.